The minimum atomic E-state index is 0.0653. The summed E-state index contributed by atoms with van der Waals surface area (Å²) in [5.41, 5.74) is 6.94. The average Bonchev–Trinajstić information content (AvgIpc) is 2.78. The average molecular weight is 223 g/mol. The van der Waals surface area contributed by atoms with E-state index in [-0.39, 0.29) is 6.04 Å². The van der Waals surface area contributed by atoms with Crippen LogP contribution >= 0.6 is 0 Å². The molecule has 4 nitrogen and oxygen atoms in total. The Morgan fingerprint density at radius 2 is 2.38 bits per heavy atom. The van der Waals surface area contributed by atoms with E-state index in [0.717, 1.165) is 12.0 Å². The first-order valence-electron chi connectivity index (χ1n) is 6.03. The van der Waals surface area contributed by atoms with Crippen molar-refractivity contribution in [2.75, 3.05) is 7.11 Å². The van der Waals surface area contributed by atoms with E-state index >= 15 is 0 Å². The van der Waals surface area contributed by atoms with E-state index in [9.17, 15) is 0 Å². The molecule has 1 saturated carbocycles. The fourth-order valence-corrected chi connectivity index (χ4v) is 2.36. The van der Waals surface area contributed by atoms with E-state index in [2.05, 4.69) is 16.0 Å². The van der Waals surface area contributed by atoms with E-state index in [4.69, 9.17) is 10.5 Å². The van der Waals surface area contributed by atoms with Crippen molar-refractivity contribution in [3.05, 3.63) is 18.0 Å². The molecule has 2 rings (SSSR count). The van der Waals surface area contributed by atoms with Gasteiger partial charge in [-0.05, 0) is 32.6 Å². The molecular formula is C12H21N3O. The lowest BCUT2D eigenvalue weighted by Crippen LogP contribution is -2.24. The molecule has 3 atom stereocenters. The number of nitrogens with two attached hydrogens (primary N) is 1. The van der Waals surface area contributed by atoms with Crippen LogP contribution in [0.4, 0.5) is 0 Å². The Morgan fingerprint density at radius 3 is 3.00 bits per heavy atom. The van der Waals surface area contributed by atoms with Gasteiger partial charge < -0.3 is 10.5 Å². The van der Waals surface area contributed by atoms with Crippen molar-refractivity contribution in [2.45, 2.75) is 50.8 Å². The smallest absolute Gasteiger partial charge is 0.0591 e. The SMILES string of the molecule is COC1CCCC(n2cc(C(C)N)cn2)C1. The third-order valence-corrected chi connectivity index (χ3v) is 3.45. The van der Waals surface area contributed by atoms with Crippen LogP contribution in [-0.2, 0) is 4.74 Å². The molecule has 1 aromatic rings. The van der Waals surface area contributed by atoms with Gasteiger partial charge in [0, 0.05) is 24.9 Å². The topological polar surface area (TPSA) is 53.1 Å². The molecule has 0 saturated heterocycles. The van der Waals surface area contributed by atoms with Crippen LogP contribution in [0.5, 0.6) is 0 Å². The first kappa shape index (κ1) is 11.6. The molecule has 4 heteroatoms. The molecule has 0 radical (unpaired) electrons. The van der Waals surface area contributed by atoms with Gasteiger partial charge in [-0.1, -0.05) is 0 Å². The molecule has 1 aliphatic carbocycles. The van der Waals surface area contributed by atoms with Gasteiger partial charge in [0.15, 0.2) is 0 Å². The lowest BCUT2D eigenvalue weighted by atomic mass is 9.93. The molecule has 1 fully saturated rings. The van der Waals surface area contributed by atoms with Crippen molar-refractivity contribution in [1.29, 1.82) is 0 Å². The maximum Gasteiger partial charge on any atom is 0.0591 e. The Balaban J connectivity index is 2.05. The fourth-order valence-electron chi connectivity index (χ4n) is 2.36. The molecule has 90 valence electrons. The molecular weight excluding hydrogens is 202 g/mol. The summed E-state index contributed by atoms with van der Waals surface area (Å²) >= 11 is 0. The van der Waals surface area contributed by atoms with Crippen LogP contribution in [0.3, 0.4) is 0 Å². The summed E-state index contributed by atoms with van der Waals surface area (Å²) in [5.74, 6) is 0. The van der Waals surface area contributed by atoms with Crippen molar-refractivity contribution in [3.63, 3.8) is 0 Å². The Bertz CT molecular complexity index is 335. The van der Waals surface area contributed by atoms with Crippen LogP contribution in [0.2, 0.25) is 0 Å². The van der Waals surface area contributed by atoms with Crippen molar-refractivity contribution in [1.82, 2.24) is 9.78 Å². The van der Waals surface area contributed by atoms with Crippen LogP contribution in [0.1, 0.15) is 50.3 Å². The van der Waals surface area contributed by atoms with Gasteiger partial charge in [0.25, 0.3) is 0 Å². The predicted molar refractivity (Wildman–Crippen MR) is 63.1 cm³/mol. The highest BCUT2D eigenvalue weighted by atomic mass is 16.5. The summed E-state index contributed by atoms with van der Waals surface area (Å²) in [6, 6.07) is 0.543. The van der Waals surface area contributed by atoms with Crippen molar-refractivity contribution in [3.8, 4) is 0 Å². The Hall–Kier alpha value is -0.870. The monoisotopic (exact) mass is 223 g/mol. The molecule has 3 unspecified atom stereocenters. The second-order valence-corrected chi connectivity index (χ2v) is 4.72. The zero-order valence-electron chi connectivity index (χ0n) is 10.1. The fraction of sp³-hybridized carbons (Fsp3) is 0.750. The normalized spacial score (nSPS) is 27.9. The molecule has 0 aromatic carbocycles. The van der Waals surface area contributed by atoms with Gasteiger partial charge in [-0.25, -0.2) is 0 Å². The summed E-state index contributed by atoms with van der Waals surface area (Å²) < 4.78 is 7.49. The minimum absolute atomic E-state index is 0.0653. The standard InChI is InChI=1S/C12H21N3O/c1-9(13)10-7-14-15(8-10)11-4-3-5-12(6-11)16-2/h7-9,11-12H,3-6,13H2,1-2H3. The van der Waals surface area contributed by atoms with Crippen molar-refractivity contribution >= 4 is 0 Å². The lowest BCUT2D eigenvalue weighted by Gasteiger charge is -2.28. The van der Waals surface area contributed by atoms with E-state index in [1.807, 2.05) is 13.1 Å². The number of hydrogen-bond acceptors (Lipinski definition) is 3. The van der Waals surface area contributed by atoms with E-state index in [1.165, 1.54) is 19.3 Å². The Kier molecular flexibility index (Phi) is 3.61. The Labute approximate surface area is 96.8 Å². The molecule has 1 heterocycles. The third kappa shape index (κ3) is 2.44. The maximum atomic E-state index is 5.83. The number of ether oxygens (including phenoxy) is 1. The first-order chi connectivity index (χ1) is 7.70. The van der Waals surface area contributed by atoms with Crippen molar-refractivity contribution < 1.29 is 4.74 Å². The van der Waals surface area contributed by atoms with Crippen LogP contribution < -0.4 is 5.73 Å². The summed E-state index contributed by atoms with van der Waals surface area (Å²) in [5, 5.41) is 4.41. The van der Waals surface area contributed by atoms with Gasteiger partial charge in [-0.15, -0.1) is 0 Å². The number of nitrogens with zero attached hydrogens (tertiary/aromatic N) is 2. The van der Waals surface area contributed by atoms with Crippen LogP contribution in [0, 0.1) is 0 Å². The molecule has 1 aliphatic rings. The van der Waals surface area contributed by atoms with Gasteiger partial charge in [0.2, 0.25) is 0 Å². The van der Waals surface area contributed by atoms with Crippen LogP contribution in [-0.4, -0.2) is 23.0 Å². The van der Waals surface area contributed by atoms with Crippen LogP contribution in [0.15, 0.2) is 12.4 Å². The minimum Gasteiger partial charge on any atom is -0.381 e. The summed E-state index contributed by atoms with van der Waals surface area (Å²) in [6.45, 7) is 1.99. The summed E-state index contributed by atoms with van der Waals surface area (Å²) in [7, 11) is 1.80. The zero-order chi connectivity index (χ0) is 11.5. The number of methoxy groups -OCH3 is 1. The maximum absolute atomic E-state index is 5.83. The molecule has 16 heavy (non-hydrogen) atoms. The second-order valence-electron chi connectivity index (χ2n) is 4.72. The molecule has 2 N–H and O–H groups in total. The first-order valence-corrected chi connectivity index (χ1v) is 6.03. The van der Waals surface area contributed by atoms with Gasteiger partial charge in [0.1, 0.15) is 0 Å². The van der Waals surface area contributed by atoms with Gasteiger partial charge >= 0.3 is 0 Å². The number of hydrogen-bond donors (Lipinski definition) is 1. The summed E-state index contributed by atoms with van der Waals surface area (Å²) in [4.78, 5) is 0. The largest absolute Gasteiger partial charge is 0.381 e. The quantitative estimate of drug-likeness (QED) is 0.853. The molecule has 0 aliphatic heterocycles. The third-order valence-electron chi connectivity index (χ3n) is 3.45. The lowest BCUT2D eigenvalue weighted by molar-refractivity contribution is 0.0508. The molecule has 0 spiro atoms. The van der Waals surface area contributed by atoms with Gasteiger partial charge in [0.05, 0.1) is 18.3 Å². The number of aromatic nitrogens is 2. The number of rotatable bonds is 3. The highest BCUT2D eigenvalue weighted by molar-refractivity contribution is 5.09. The molecule has 1 aromatic heterocycles. The van der Waals surface area contributed by atoms with E-state index < -0.39 is 0 Å². The van der Waals surface area contributed by atoms with E-state index in [1.54, 1.807) is 7.11 Å². The van der Waals surface area contributed by atoms with Gasteiger partial charge in [-0.2, -0.15) is 5.10 Å². The molecule has 0 bridgehead atoms. The van der Waals surface area contributed by atoms with Crippen LogP contribution in [0.25, 0.3) is 0 Å². The highest BCUT2D eigenvalue weighted by Crippen LogP contribution is 2.29. The summed E-state index contributed by atoms with van der Waals surface area (Å²) in [6.07, 6.45) is 9.00. The van der Waals surface area contributed by atoms with Gasteiger partial charge in [-0.3, -0.25) is 4.68 Å². The van der Waals surface area contributed by atoms with E-state index in [0.29, 0.717) is 12.1 Å². The Morgan fingerprint density at radius 1 is 1.56 bits per heavy atom. The highest BCUT2D eigenvalue weighted by Gasteiger charge is 2.23. The second kappa shape index (κ2) is 4.97. The predicted octanol–water partition coefficient (Wildman–Crippen LogP) is 2.03. The molecule has 0 amide bonds. The van der Waals surface area contributed by atoms with Crippen molar-refractivity contribution in [2.24, 2.45) is 5.73 Å². The zero-order valence-corrected chi connectivity index (χ0v) is 10.1.